The van der Waals surface area contributed by atoms with Gasteiger partial charge in [0.25, 0.3) is 0 Å². The minimum absolute atomic E-state index is 0.0127. The fraction of sp³-hybridized carbons (Fsp3) is 0.667. The van der Waals surface area contributed by atoms with E-state index in [4.69, 9.17) is 4.74 Å². The molecule has 11 heteroatoms. The van der Waals surface area contributed by atoms with Gasteiger partial charge in [-0.05, 0) is 68.8 Å². The van der Waals surface area contributed by atoms with E-state index in [1.165, 1.54) is 0 Å². The van der Waals surface area contributed by atoms with Crippen molar-refractivity contribution in [2.24, 2.45) is 16.4 Å². The van der Waals surface area contributed by atoms with E-state index in [9.17, 15) is 18.0 Å². The first kappa shape index (κ1) is 25.7. The Bertz CT molecular complexity index is 948. The lowest BCUT2D eigenvalue weighted by atomic mass is 9.74. The van der Waals surface area contributed by atoms with Crippen molar-refractivity contribution in [1.29, 1.82) is 0 Å². The van der Waals surface area contributed by atoms with Crippen molar-refractivity contribution in [3.63, 3.8) is 0 Å². The Hall–Kier alpha value is -2.37. The molecule has 1 aliphatic carbocycles. The highest BCUT2D eigenvalue weighted by molar-refractivity contribution is 5.99. The molecule has 0 aromatic heterocycles. The molecule has 1 saturated heterocycles. The Morgan fingerprint density at radius 2 is 1.97 bits per heavy atom. The first-order valence-corrected chi connectivity index (χ1v) is 12.2. The molecule has 1 aromatic carbocycles. The third kappa shape index (κ3) is 5.57. The van der Waals surface area contributed by atoms with Crippen molar-refractivity contribution in [2.45, 2.75) is 70.8 Å². The van der Waals surface area contributed by atoms with E-state index in [1.807, 2.05) is 0 Å². The molecule has 0 unspecified atom stereocenters. The Balaban J connectivity index is 1.47. The van der Waals surface area contributed by atoms with Crippen LogP contribution in [0.5, 0.6) is 0 Å². The van der Waals surface area contributed by atoms with Gasteiger partial charge >= 0.3 is 6.18 Å². The zero-order chi connectivity index (χ0) is 25.2. The molecule has 2 fully saturated rings. The molecule has 0 bridgehead atoms. The van der Waals surface area contributed by atoms with Crippen LogP contribution in [0.4, 0.5) is 13.2 Å². The summed E-state index contributed by atoms with van der Waals surface area (Å²) in [5.41, 5.74) is 6.97. The van der Waals surface area contributed by atoms with E-state index in [2.05, 4.69) is 52.7 Å². The lowest BCUT2D eigenvalue weighted by Gasteiger charge is -2.37. The minimum atomic E-state index is -4.51. The van der Waals surface area contributed by atoms with Crippen LogP contribution in [0, 0.1) is 11.3 Å². The maximum absolute atomic E-state index is 13.5. The number of hydrazone groups is 1. The highest BCUT2D eigenvalue weighted by Gasteiger charge is 2.49. The van der Waals surface area contributed by atoms with E-state index in [0.29, 0.717) is 17.6 Å². The minimum Gasteiger partial charge on any atom is -0.381 e. The number of carbonyl (C=O) groups is 1. The SMILES string of the molecule is CC(C)[C@]1(C(=O)NCc2cc(C3=NNNN3)cc(C(F)(F)F)c2)CC[C@@H](N(C)C2CCOCC2)C1. The topological polar surface area (TPSA) is 90.0 Å². The van der Waals surface area contributed by atoms with E-state index in [-0.39, 0.29) is 29.8 Å². The number of alkyl halides is 3. The van der Waals surface area contributed by atoms with E-state index >= 15 is 0 Å². The van der Waals surface area contributed by atoms with Gasteiger partial charge in [-0.2, -0.15) is 13.2 Å². The number of amides is 1. The summed E-state index contributed by atoms with van der Waals surface area (Å²) in [7, 11) is 2.14. The van der Waals surface area contributed by atoms with Gasteiger partial charge in [-0.15, -0.1) is 10.6 Å². The summed E-state index contributed by atoms with van der Waals surface area (Å²) in [6.07, 6.45) is -0.0786. The van der Waals surface area contributed by atoms with Gasteiger partial charge < -0.3 is 15.0 Å². The molecule has 4 rings (SSSR count). The number of hydrogen-bond acceptors (Lipinski definition) is 7. The summed E-state index contributed by atoms with van der Waals surface area (Å²) >= 11 is 0. The van der Waals surface area contributed by atoms with Gasteiger partial charge in [-0.1, -0.05) is 13.8 Å². The lowest BCUT2D eigenvalue weighted by Crippen LogP contribution is -2.46. The molecule has 4 N–H and O–H groups in total. The van der Waals surface area contributed by atoms with Crippen LogP contribution in [0.3, 0.4) is 0 Å². The summed E-state index contributed by atoms with van der Waals surface area (Å²) in [6.45, 7) is 5.67. The molecule has 2 heterocycles. The van der Waals surface area contributed by atoms with Crippen LogP contribution < -0.4 is 21.8 Å². The van der Waals surface area contributed by atoms with E-state index < -0.39 is 17.2 Å². The number of hydrazine groups is 2. The average Bonchev–Trinajstić information content (AvgIpc) is 3.53. The van der Waals surface area contributed by atoms with Crippen molar-refractivity contribution >= 4 is 11.7 Å². The molecule has 35 heavy (non-hydrogen) atoms. The predicted molar refractivity (Wildman–Crippen MR) is 126 cm³/mol. The molecule has 0 radical (unpaired) electrons. The first-order chi connectivity index (χ1) is 16.6. The number of carbonyl (C=O) groups excluding carboxylic acids is 1. The second-order valence-corrected chi connectivity index (χ2v) is 10.1. The highest BCUT2D eigenvalue weighted by Crippen LogP contribution is 2.46. The van der Waals surface area contributed by atoms with Crippen LogP contribution in [0.2, 0.25) is 0 Å². The summed E-state index contributed by atoms with van der Waals surface area (Å²) in [6, 6.07) is 4.49. The molecule has 0 spiro atoms. The second kappa shape index (κ2) is 10.3. The number of halogens is 3. The van der Waals surface area contributed by atoms with Gasteiger partial charge in [0.1, 0.15) is 0 Å². The maximum Gasteiger partial charge on any atom is 0.416 e. The van der Waals surface area contributed by atoms with Gasteiger partial charge in [0.2, 0.25) is 5.91 Å². The van der Waals surface area contributed by atoms with Crippen molar-refractivity contribution in [2.75, 3.05) is 20.3 Å². The summed E-state index contributed by atoms with van der Waals surface area (Å²) in [5.74, 6) is 0.271. The van der Waals surface area contributed by atoms with E-state index in [0.717, 1.165) is 57.5 Å². The maximum atomic E-state index is 13.5. The monoisotopic (exact) mass is 496 g/mol. The Morgan fingerprint density at radius 1 is 1.23 bits per heavy atom. The predicted octanol–water partition coefficient (Wildman–Crippen LogP) is 2.90. The Kier molecular flexibility index (Phi) is 7.58. The first-order valence-electron chi connectivity index (χ1n) is 12.2. The molecule has 1 amide bonds. The zero-order valence-corrected chi connectivity index (χ0v) is 20.5. The molecule has 1 aromatic rings. The number of ether oxygens (including phenoxy) is 1. The van der Waals surface area contributed by atoms with Gasteiger partial charge in [-0.25, -0.2) is 5.53 Å². The molecule has 3 aliphatic rings. The van der Waals surface area contributed by atoms with Crippen molar-refractivity contribution in [1.82, 2.24) is 26.7 Å². The highest BCUT2D eigenvalue weighted by atomic mass is 19.4. The normalized spacial score (nSPS) is 25.5. The number of hydrogen-bond donors (Lipinski definition) is 4. The van der Waals surface area contributed by atoms with Crippen LogP contribution in [0.15, 0.2) is 23.3 Å². The number of rotatable bonds is 7. The number of nitrogens with one attached hydrogen (secondary N) is 4. The zero-order valence-electron chi connectivity index (χ0n) is 20.5. The second-order valence-electron chi connectivity index (χ2n) is 10.1. The van der Waals surface area contributed by atoms with Crippen LogP contribution in [0.25, 0.3) is 0 Å². The number of benzene rings is 1. The largest absolute Gasteiger partial charge is 0.416 e. The van der Waals surface area contributed by atoms with Crippen molar-refractivity contribution in [3.8, 4) is 0 Å². The standard InChI is InChI=1S/C24H35F3N6O2/c1-15(2)23(7-4-20(13-23)33(3)19-5-8-35-9-6-19)22(34)28-14-16-10-17(21-29-31-32-30-21)12-18(11-16)24(25,26)27/h10-12,15,19-20,31-32H,4-9,13-14H2,1-3H3,(H,28,34)(H,29,30)/t20-,23+/m1/s1. The van der Waals surface area contributed by atoms with Crippen LogP contribution >= 0.6 is 0 Å². The smallest absolute Gasteiger partial charge is 0.381 e. The van der Waals surface area contributed by atoms with E-state index in [1.54, 1.807) is 6.07 Å². The third-order valence-electron chi connectivity index (χ3n) is 7.87. The van der Waals surface area contributed by atoms with Gasteiger partial charge in [-0.3, -0.25) is 10.2 Å². The Morgan fingerprint density at radius 3 is 2.60 bits per heavy atom. The summed E-state index contributed by atoms with van der Waals surface area (Å²) < 4.78 is 46.1. The van der Waals surface area contributed by atoms with Crippen molar-refractivity contribution < 1.29 is 22.7 Å². The van der Waals surface area contributed by atoms with Crippen LogP contribution in [-0.2, 0) is 22.3 Å². The molecule has 8 nitrogen and oxygen atoms in total. The fourth-order valence-electron chi connectivity index (χ4n) is 5.57. The lowest BCUT2D eigenvalue weighted by molar-refractivity contribution is -0.137. The molecule has 2 aliphatic heterocycles. The van der Waals surface area contributed by atoms with Crippen molar-refractivity contribution in [3.05, 3.63) is 34.9 Å². The van der Waals surface area contributed by atoms with Gasteiger partial charge in [0, 0.05) is 37.4 Å². The average molecular weight is 497 g/mol. The van der Waals surface area contributed by atoms with Crippen LogP contribution in [0.1, 0.15) is 62.6 Å². The molecule has 1 saturated carbocycles. The molecule has 2 atom stereocenters. The molecular weight excluding hydrogens is 461 g/mol. The summed E-state index contributed by atoms with van der Waals surface area (Å²) in [4.78, 5) is 15.9. The fourth-order valence-corrected chi connectivity index (χ4v) is 5.57. The number of nitrogens with zero attached hydrogens (tertiary/aromatic N) is 2. The molecule has 194 valence electrons. The van der Waals surface area contributed by atoms with Gasteiger partial charge in [0.15, 0.2) is 5.84 Å². The third-order valence-corrected chi connectivity index (χ3v) is 7.87. The quantitative estimate of drug-likeness (QED) is 0.464. The molecular formula is C24H35F3N6O2. The number of amidine groups is 1. The summed E-state index contributed by atoms with van der Waals surface area (Å²) in [5, 5.41) is 6.87. The van der Waals surface area contributed by atoms with Crippen LogP contribution in [-0.4, -0.2) is 49.0 Å². The van der Waals surface area contributed by atoms with Gasteiger partial charge in [0.05, 0.1) is 11.0 Å². The Labute approximate surface area is 204 Å².